The lowest BCUT2D eigenvalue weighted by atomic mass is 9.71. The molecule has 0 spiro atoms. The highest BCUT2D eigenvalue weighted by atomic mass is 16.1. The predicted molar refractivity (Wildman–Crippen MR) is 72.2 cm³/mol. The van der Waals surface area contributed by atoms with E-state index >= 15 is 0 Å². The van der Waals surface area contributed by atoms with Crippen LogP contribution in [0, 0.1) is 23.7 Å². The number of carbonyl (C=O) groups is 2. The molecule has 0 unspecified atom stereocenters. The summed E-state index contributed by atoms with van der Waals surface area (Å²) in [6.45, 7) is 0. The zero-order valence-corrected chi connectivity index (χ0v) is 10.5. The summed E-state index contributed by atoms with van der Waals surface area (Å²) >= 11 is 0. The van der Waals surface area contributed by atoms with Crippen LogP contribution in [0.4, 0.5) is 0 Å². The van der Waals surface area contributed by atoms with Crippen molar-refractivity contribution in [3.8, 4) is 0 Å². The van der Waals surface area contributed by atoms with Gasteiger partial charge >= 0.3 is 0 Å². The number of fused-ring (bicyclic) bond motifs is 5. The number of carbonyl (C=O) groups excluding carboxylic acids is 2. The first-order chi connectivity index (χ1) is 9.25. The summed E-state index contributed by atoms with van der Waals surface area (Å²) in [5.74, 6) is 0.671. The fourth-order valence-electron chi connectivity index (χ4n) is 3.90. The molecule has 3 aliphatic carbocycles. The van der Waals surface area contributed by atoms with Crippen molar-refractivity contribution in [2.45, 2.75) is 6.42 Å². The molecule has 94 valence electrons. The van der Waals surface area contributed by atoms with Gasteiger partial charge in [-0.1, -0.05) is 42.5 Å². The third-order valence-corrected chi connectivity index (χ3v) is 4.73. The highest BCUT2D eigenvalue weighted by molar-refractivity contribution is 6.29. The van der Waals surface area contributed by atoms with Gasteiger partial charge in [0, 0.05) is 17.4 Å². The van der Waals surface area contributed by atoms with E-state index in [0.29, 0.717) is 11.5 Å². The molecule has 0 aliphatic heterocycles. The zero-order chi connectivity index (χ0) is 13.0. The van der Waals surface area contributed by atoms with Crippen LogP contribution in [0.25, 0.3) is 5.57 Å². The molecule has 0 aromatic heterocycles. The number of rotatable bonds is 1. The second kappa shape index (κ2) is 3.77. The van der Waals surface area contributed by atoms with Crippen LogP contribution in [-0.4, -0.2) is 11.6 Å². The van der Waals surface area contributed by atoms with Gasteiger partial charge in [0.2, 0.25) is 0 Å². The second-order valence-corrected chi connectivity index (χ2v) is 5.69. The molecule has 0 N–H and O–H groups in total. The van der Waals surface area contributed by atoms with Gasteiger partial charge in [-0.05, 0) is 29.9 Å². The van der Waals surface area contributed by atoms with Crippen LogP contribution in [0.1, 0.15) is 12.0 Å². The van der Waals surface area contributed by atoms with Crippen LogP contribution in [0.3, 0.4) is 0 Å². The first-order valence-electron chi connectivity index (χ1n) is 6.79. The molecule has 4 rings (SSSR count). The first kappa shape index (κ1) is 10.9. The SMILES string of the molecule is O=C1C=C(c2ccccc2)C(=O)[C@H]2[C@H]1[C@H]1C=C[C@H]2C1. The number of allylic oxidation sites excluding steroid dienone is 4. The first-order valence-corrected chi connectivity index (χ1v) is 6.79. The molecule has 1 fully saturated rings. The van der Waals surface area contributed by atoms with E-state index in [-0.39, 0.29) is 29.3 Å². The lowest BCUT2D eigenvalue weighted by Crippen LogP contribution is -2.36. The van der Waals surface area contributed by atoms with E-state index in [1.165, 1.54) is 0 Å². The summed E-state index contributed by atoms with van der Waals surface area (Å²) in [5.41, 5.74) is 1.47. The summed E-state index contributed by atoms with van der Waals surface area (Å²) in [5, 5.41) is 0. The van der Waals surface area contributed by atoms with Crippen molar-refractivity contribution in [3.63, 3.8) is 0 Å². The topological polar surface area (TPSA) is 34.1 Å². The average Bonchev–Trinajstić information content (AvgIpc) is 3.05. The molecule has 2 heteroatoms. The number of hydrogen-bond acceptors (Lipinski definition) is 2. The third kappa shape index (κ3) is 1.43. The van der Waals surface area contributed by atoms with Crippen molar-refractivity contribution in [1.82, 2.24) is 0 Å². The van der Waals surface area contributed by atoms with Crippen LogP contribution in [0.5, 0.6) is 0 Å². The van der Waals surface area contributed by atoms with Crippen molar-refractivity contribution < 1.29 is 9.59 Å². The third-order valence-electron chi connectivity index (χ3n) is 4.73. The van der Waals surface area contributed by atoms with Crippen molar-refractivity contribution in [1.29, 1.82) is 0 Å². The van der Waals surface area contributed by atoms with Crippen LogP contribution >= 0.6 is 0 Å². The smallest absolute Gasteiger partial charge is 0.168 e. The van der Waals surface area contributed by atoms with E-state index < -0.39 is 0 Å². The van der Waals surface area contributed by atoms with E-state index in [4.69, 9.17) is 0 Å². The molecule has 0 heterocycles. The fourth-order valence-corrected chi connectivity index (χ4v) is 3.90. The summed E-state index contributed by atoms with van der Waals surface area (Å²) in [7, 11) is 0. The summed E-state index contributed by atoms with van der Waals surface area (Å²) in [6, 6.07) is 9.53. The molecule has 1 saturated carbocycles. The minimum Gasteiger partial charge on any atom is -0.294 e. The lowest BCUT2D eigenvalue weighted by Gasteiger charge is -2.29. The molecule has 1 aromatic rings. The standard InChI is InChI=1S/C17H14O2/c18-14-9-13(10-4-2-1-3-5-10)17(19)16-12-7-6-11(8-12)15(14)16/h1-7,9,11-12,15-16H,8H2/t11-,12-,15-,16+/m0/s1. The molecule has 0 saturated heterocycles. The molecule has 0 amide bonds. The molecular weight excluding hydrogens is 236 g/mol. The highest BCUT2D eigenvalue weighted by Crippen LogP contribution is 2.52. The predicted octanol–water partition coefficient (Wildman–Crippen LogP) is 2.66. The Labute approximate surface area is 111 Å². The zero-order valence-electron chi connectivity index (χ0n) is 10.5. The molecule has 1 aromatic carbocycles. The van der Waals surface area contributed by atoms with Crippen molar-refractivity contribution in [2.24, 2.45) is 23.7 Å². The number of ketones is 2. The Hall–Kier alpha value is -1.96. The molecule has 4 atom stereocenters. The highest BCUT2D eigenvalue weighted by Gasteiger charge is 2.53. The van der Waals surface area contributed by atoms with E-state index in [9.17, 15) is 9.59 Å². The normalized spacial score (nSPS) is 35.5. The maximum Gasteiger partial charge on any atom is 0.168 e. The largest absolute Gasteiger partial charge is 0.294 e. The van der Waals surface area contributed by atoms with Crippen molar-refractivity contribution in [2.75, 3.05) is 0 Å². The van der Waals surface area contributed by atoms with Gasteiger partial charge in [-0.3, -0.25) is 9.59 Å². The summed E-state index contributed by atoms with van der Waals surface area (Å²) in [4.78, 5) is 25.0. The maximum atomic E-state index is 12.7. The van der Waals surface area contributed by atoms with Gasteiger partial charge in [0.25, 0.3) is 0 Å². The molecule has 19 heavy (non-hydrogen) atoms. The van der Waals surface area contributed by atoms with Gasteiger partial charge < -0.3 is 0 Å². The monoisotopic (exact) mass is 250 g/mol. The molecule has 2 bridgehead atoms. The molecular formula is C17H14O2. The molecule has 0 radical (unpaired) electrons. The van der Waals surface area contributed by atoms with E-state index in [0.717, 1.165) is 12.0 Å². The van der Waals surface area contributed by atoms with Crippen LogP contribution in [-0.2, 0) is 9.59 Å². The number of benzene rings is 1. The van der Waals surface area contributed by atoms with Gasteiger partial charge in [0.15, 0.2) is 11.6 Å². The minimum atomic E-state index is -0.109. The molecule has 2 nitrogen and oxygen atoms in total. The Bertz CT molecular complexity index is 624. The average molecular weight is 250 g/mol. The van der Waals surface area contributed by atoms with E-state index in [1.54, 1.807) is 6.08 Å². The quantitative estimate of drug-likeness (QED) is 0.718. The Balaban J connectivity index is 1.80. The van der Waals surface area contributed by atoms with Gasteiger partial charge in [-0.2, -0.15) is 0 Å². The summed E-state index contributed by atoms with van der Waals surface area (Å²) < 4.78 is 0. The Morgan fingerprint density at radius 3 is 2.32 bits per heavy atom. The van der Waals surface area contributed by atoms with Crippen LogP contribution in [0.15, 0.2) is 48.6 Å². The number of hydrogen-bond donors (Lipinski definition) is 0. The van der Waals surface area contributed by atoms with Crippen molar-refractivity contribution >= 4 is 17.1 Å². The second-order valence-electron chi connectivity index (χ2n) is 5.69. The van der Waals surface area contributed by atoms with Crippen molar-refractivity contribution in [3.05, 3.63) is 54.1 Å². The van der Waals surface area contributed by atoms with Crippen LogP contribution < -0.4 is 0 Å². The van der Waals surface area contributed by atoms with Gasteiger partial charge in [0.1, 0.15) is 0 Å². The Morgan fingerprint density at radius 1 is 0.895 bits per heavy atom. The van der Waals surface area contributed by atoms with Gasteiger partial charge in [-0.25, -0.2) is 0 Å². The Morgan fingerprint density at radius 2 is 1.58 bits per heavy atom. The lowest BCUT2D eigenvalue weighted by molar-refractivity contribution is -0.128. The van der Waals surface area contributed by atoms with Gasteiger partial charge in [0.05, 0.1) is 0 Å². The number of Topliss-reactive ketones (excluding diaryl/α,β-unsaturated/α-hetero) is 1. The van der Waals surface area contributed by atoms with E-state index in [1.807, 2.05) is 30.3 Å². The molecule has 3 aliphatic rings. The maximum absolute atomic E-state index is 12.7. The Kier molecular flexibility index (Phi) is 2.16. The minimum absolute atomic E-state index is 0.0880. The fraction of sp³-hybridized carbons (Fsp3) is 0.294. The van der Waals surface area contributed by atoms with Gasteiger partial charge in [-0.15, -0.1) is 0 Å². The summed E-state index contributed by atoms with van der Waals surface area (Å²) in [6.07, 6.45) is 6.80. The van der Waals surface area contributed by atoms with E-state index in [2.05, 4.69) is 12.2 Å². The van der Waals surface area contributed by atoms with Crippen LogP contribution in [0.2, 0.25) is 0 Å².